The van der Waals surface area contributed by atoms with Crippen molar-refractivity contribution >= 4 is 11.7 Å². The van der Waals surface area contributed by atoms with Crippen LogP contribution in [0.15, 0.2) is 24.3 Å². The molecule has 0 radical (unpaired) electrons. The first-order chi connectivity index (χ1) is 7.13. The topological polar surface area (TPSA) is 55.6 Å². The van der Waals surface area contributed by atoms with Crippen LogP contribution in [0.4, 0.5) is 5.69 Å². The summed E-state index contributed by atoms with van der Waals surface area (Å²) in [5.41, 5.74) is 1.91. The number of anilines is 1. The normalized spacial score (nSPS) is 9.80. The Hall–Kier alpha value is -1.55. The van der Waals surface area contributed by atoms with Crippen molar-refractivity contribution < 1.29 is 9.53 Å². The molecule has 82 valence electrons. The number of carbonyl (C=O) groups is 1. The molecule has 0 unspecified atom stereocenters. The number of ether oxygens (including phenoxy) is 1. The average molecular weight is 208 g/mol. The van der Waals surface area contributed by atoms with Crippen molar-refractivity contribution in [2.24, 2.45) is 5.84 Å². The van der Waals surface area contributed by atoms with Crippen LogP contribution < -0.4 is 10.9 Å². The molecule has 0 aromatic heterocycles. The summed E-state index contributed by atoms with van der Waals surface area (Å²) in [6.07, 6.45) is 0. The van der Waals surface area contributed by atoms with Crippen molar-refractivity contribution in [2.75, 3.05) is 18.2 Å². The fraction of sp³-hybridized carbons (Fsp3) is 0.364. The maximum Gasteiger partial charge on any atom is 0.327 e. The zero-order chi connectivity index (χ0) is 11.3. The van der Waals surface area contributed by atoms with E-state index in [-0.39, 0.29) is 12.5 Å². The third-order valence-electron chi connectivity index (χ3n) is 1.94. The van der Waals surface area contributed by atoms with Crippen LogP contribution in [0, 0.1) is 6.92 Å². The van der Waals surface area contributed by atoms with E-state index in [2.05, 4.69) is 0 Å². The van der Waals surface area contributed by atoms with E-state index in [1.54, 1.807) is 6.92 Å². The highest BCUT2D eigenvalue weighted by molar-refractivity contribution is 5.75. The van der Waals surface area contributed by atoms with Crippen LogP contribution in [0.25, 0.3) is 0 Å². The van der Waals surface area contributed by atoms with E-state index in [1.807, 2.05) is 31.2 Å². The molecule has 0 aliphatic rings. The van der Waals surface area contributed by atoms with Crippen LogP contribution in [-0.2, 0) is 9.53 Å². The summed E-state index contributed by atoms with van der Waals surface area (Å²) in [4.78, 5) is 11.2. The molecule has 0 amide bonds. The molecule has 0 spiro atoms. The fourth-order valence-corrected chi connectivity index (χ4v) is 1.24. The lowest BCUT2D eigenvalue weighted by atomic mass is 10.2. The van der Waals surface area contributed by atoms with Crippen LogP contribution in [0.2, 0.25) is 0 Å². The Kier molecular flexibility index (Phi) is 4.12. The molecule has 1 rings (SSSR count). The number of benzene rings is 1. The zero-order valence-corrected chi connectivity index (χ0v) is 9.06. The lowest BCUT2D eigenvalue weighted by Gasteiger charge is -2.17. The number of hydrogen-bond donors (Lipinski definition) is 1. The van der Waals surface area contributed by atoms with E-state index in [1.165, 1.54) is 5.01 Å². The summed E-state index contributed by atoms with van der Waals surface area (Å²) in [6, 6.07) is 7.64. The van der Waals surface area contributed by atoms with Gasteiger partial charge in [0.15, 0.2) is 0 Å². The van der Waals surface area contributed by atoms with E-state index >= 15 is 0 Å². The van der Waals surface area contributed by atoms with Gasteiger partial charge in [0.1, 0.15) is 6.54 Å². The molecule has 15 heavy (non-hydrogen) atoms. The zero-order valence-electron chi connectivity index (χ0n) is 9.06. The molecule has 0 saturated heterocycles. The van der Waals surface area contributed by atoms with Gasteiger partial charge in [-0.3, -0.25) is 9.80 Å². The molecule has 1 aromatic rings. The molecule has 0 atom stereocenters. The first kappa shape index (κ1) is 11.5. The first-order valence-corrected chi connectivity index (χ1v) is 4.88. The van der Waals surface area contributed by atoms with Gasteiger partial charge in [-0.05, 0) is 31.5 Å². The standard InChI is InChI=1S/C11H16N2O2/c1-3-15-11(14)8-13(12)10-6-4-5-9(2)7-10/h4-7H,3,8,12H2,1-2H3. The number of nitrogens with two attached hydrogens (primary N) is 1. The van der Waals surface area contributed by atoms with E-state index in [0.29, 0.717) is 6.61 Å². The molecule has 1 aromatic carbocycles. The molecule has 4 nitrogen and oxygen atoms in total. The number of hydrogen-bond acceptors (Lipinski definition) is 4. The lowest BCUT2D eigenvalue weighted by molar-refractivity contribution is -0.141. The first-order valence-electron chi connectivity index (χ1n) is 4.88. The second-order valence-electron chi connectivity index (χ2n) is 3.27. The van der Waals surface area contributed by atoms with Crippen molar-refractivity contribution in [2.45, 2.75) is 13.8 Å². The highest BCUT2D eigenvalue weighted by atomic mass is 16.5. The average Bonchev–Trinajstić information content (AvgIpc) is 2.18. The molecule has 4 heteroatoms. The van der Waals surface area contributed by atoms with Gasteiger partial charge in [0, 0.05) is 0 Å². The number of carbonyl (C=O) groups excluding carboxylic acids is 1. The minimum Gasteiger partial charge on any atom is -0.465 e. The Morgan fingerprint density at radius 2 is 2.27 bits per heavy atom. The molecule has 2 N–H and O–H groups in total. The van der Waals surface area contributed by atoms with Crippen LogP contribution in [0.1, 0.15) is 12.5 Å². The maximum atomic E-state index is 11.2. The summed E-state index contributed by atoms with van der Waals surface area (Å²) < 4.78 is 4.80. The monoisotopic (exact) mass is 208 g/mol. The van der Waals surface area contributed by atoms with Gasteiger partial charge in [0.2, 0.25) is 0 Å². The van der Waals surface area contributed by atoms with E-state index < -0.39 is 0 Å². The van der Waals surface area contributed by atoms with Crippen molar-refractivity contribution in [3.05, 3.63) is 29.8 Å². The van der Waals surface area contributed by atoms with Gasteiger partial charge in [0.25, 0.3) is 0 Å². The maximum absolute atomic E-state index is 11.2. The highest BCUT2D eigenvalue weighted by Crippen LogP contribution is 2.12. The highest BCUT2D eigenvalue weighted by Gasteiger charge is 2.08. The number of hydrazine groups is 1. The van der Waals surface area contributed by atoms with Crippen molar-refractivity contribution in [1.82, 2.24) is 0 Å². The minimum atomic E-state index is -0.318. The predicted octanol–water partition coefficient (Wildman–Crippen LogP) is 1.24. The van der Waals surface area contributed by atoms with Crippen molar-refractivity contribution in [3.8, 4) is 0 Å². The summed E-state index contributed by atoms with van der Waals surface area (Å²) >= 11 is 0. The summed E-state index contributed by atoms with van der Waals surface area (Å²) in [5.74, 6) is 5.41. The SMILES string of the molecule is CCOC(=O)CN(N)c1cccc(C)c1. The van der Waals surface area contributed by atoms with Crippen LogP contribution in [-0.4, -0.2) is 19.1 Å². The van der Waals surface area contributed by atoms with Crippen molar-refractivity contribution in [1.29, 1.82) is 0 Å². The summed E-state index contributed by atoms with van der Waals surface area (Å²) in [5, 5.41) is 1.38. The second-order valence-corrected chi connectivity index (χ2v) is 3.27. The molecular weight excluding hydrogens is 192 g/mol. The van der Waals surface area contributed by atoms with E-state index in [0.717, 1.165) is 11.3 Å². The molecule has 0 heterocycles. The third kappa shape index (κ3) is 3.59. The van der Waals surface area contributed by atoms with Crippen molar-refractivity contribution in [3.63, 3.8) is 0 Å². The van der Waals surface area contributed by atoms with Gasteiger partial charge in [-0.25, -0.2) is 5.84 Å². The number of esters is 1. The van der Waals surface area contributed by atoms with Gasteiger partial charge in [-0.1, -0.05) is 12.1 Å². The Balaban J connectivity index is 2.60. The van der Waals surface area contributed by atoms with E-state index in [9.17, 15) is 4.79 Å². The molecular formula is C11H16N2O2. The Morgan fingerprint density at radius 3 is 2.87 bits per heavy atom. The predicted molar refractivity (Wildman–Crippen MR) is 59.3 cm³/mol. The quantitative estimate of drug-likeness (QED) is 0.459. The number of rotatable bonds is 4. The number of nitrogens with zero attached hydrogens (tertiary/aromatic N) is 1. The third-order valence-corrected chi connectivity index (χ3v) is 1.94. The van der Waals surface area contributed by atoms with Crippen LogP contribution >= 0.6 is 0 Å². The summed E-state index contributed by atoms with van der Waals surface area (Å²) in [7, 11) is 0. The lowest BCUT2D eigenvalue weighted by Crippen LogP contribution is -2.36. The van der Waals surface area contributed by atoms with Gasteiger partial charge in [-0.15, -0.1) is 0 Å². The van der Waals surface area contributed by atoms with Gasteiger partial charge < -0.3 is 4.74 Å². The molecule has 0 bridgehead atoms. The van der Waals surface area contributed by atoms with E-state index in [4.69, 9.17) is 10.6 Å². The van der Waals surface area contributed by atoms with Crippen LogP contribution in [0.5, 0.6) is 0 Å². The van der Waals surface area contributed by atoms with Crippen LogP contribution in [0.3, 0.4) is 0 Å². The van der Waals surface area contributed by atoms with Gasteiger partial charge in [0.05, 0.1) is 12.3 Å². The molecule has 0 fully saturated rings. The minimum absolute atomic E-state index is 0.0668. The smallest absolute Gasteiger partial charge is 0.327 e. The Labute approximate surface area is 89.6 Å². The Bertz CT molecular complexity index is 339. The molecule has 0 aliphatic carbocycles. The largest absolute Gasteiger partial charge is 0.465 e. The molecule has 0 aliphatic heterocycles. The number of aryl methyl sites for hydroxylation is 1. The van der Waals surface area contributed by atoms with Gasteiger partial charge >= 0.3 is 5.97 Å². The summed E-state index contributed by atoms with van der Waals surface area (Å²) in [6.45, 7) is 4.19. The second kappa shape index (κ2) is 5.36. The Morgan fingerprint density at radius 1 is 1.53 bits per heavy atom. The van der Waals surface area contributed by atoms with Gasteiger partial charge in [-0.2, -0.15) is 0 Å². The fourth-order valence-electron chi connectivity index (χ4n) is 1.24. The molecule has 0 saturated carbocycles.